The molecule has 2 aliphatic rings. The van der Waals surface area contributed by atoms with Crippen molar-refractivity contribution in [2.24, 2.45) is 5.92 Å². The number of ether oxygens (including phenoxy) is 2. The summed E-state index contributed by atoms with van der Waals surface area (Å²) in [6, 6.07) is 11.0. The Morgan fingerprint density at radius 3 is 2.48 bits per heavy atom. The summed E-state index contributed by atoms with van der Waals surface area (Å²) < 4.78 is 49.3. The smallest absolute Gasteiger partial charge is 0.416 e. The van der Waals surface area contributed by atoms with E-state index in [1.807, 2.05) is 18.2 Å². The molecule has 5 nitrogen and oxygen atoms in total. The van der Waals surface area contributed by atoms with Crippen LogP contribution in [-0.2, 0) is 15.7 Å². The van der Waals surface area contributed by atoms with Gasteiger partial charge in [-0.05, 0) is 54.7 Å². The van der Waals surface area contributed by atoms with E-state index in [0.29, 0.717) is 24.7 Å². The summed E-state index contributed by atoms with van der Waals surface area (Å²) in [5.74, 6) is 0.728. The van der Waals surface area contributed by atoms with E-state index in [-0.39, 0.29) is 23.8 Å². The Bertz CT molecular complexity index is 1100. The van der Waals surface area contributed by atoms with Crippen LogP contribution in [0, 0.1) is 5.92 Å². The maximum atomic E-state index is 12.7. The van der Waals surface area contributed by atoms with Crippen molar-refractivity contribution in [3.63, 3.8) is 0 Å². The van der Waals surface area contributed by atoms with Gasteiger partial charge in [0.05, 0.1) is 36.5 Å². The molecule has 1 saturated heterocycles. The second-order valence-corrected chi connectivity index (χ2v) is 8.16. The van der Waals surface area contributed by atoms with Crippen molar-refractivity contribution in [3.8, 4) is 5.75 Å². The molecule has 3 aromatic rings. The summed E-state index contributed by atoms with van der Waals surface area (Å²) in [5, 5.41) is 3.80. The molecule has 162 valence electrons. The number of rotatable bonds is 5. The van der Waals surface area contributed by atoms with Gasteiger partial charge in [-0.15, -0.1) is 0 Å². The first-order valence-corrected chi connectivity index (χ1v) is 10.2. The van der Waals surface area contributed by atoms with E-state index in [4.69, 9.17) is 9.47 Å². The number of hydrogen-bond donors (Lipinski definition) is 2. The molecule has 0 spiro atoms. The molecule has 0 unspecified atom stereocenters. The molecule has 0 bridgehead atoms. The van der Waals surface area contributed by atoms with E-state index < -0.39 is 11.7 Å². The van der Waals surface area contributed by atoms with Crippen LogP contribution in [0.15, 0.2) is 48.7 Å². The van der Waals surface area contributed by atoms with E-state index >= 15 is 0 Å². The molecule has 2 fully saturated rings. The van der Waals surface area contributed by atoms with Crippen LogP contribution >= 0.6 is 0 Å². The zero-order chi connectivity index (χ0) is 21.6. The Kier molecular flexibility index (Phi) is 4.89. The lowest BCUT2D eigenvalue weighted by molar-refractivity contribution is -0.137. The minimum Gasteiger partial charge on any atom is -0.490 e. The first-order valence-electron chi connectivity index (χ1n) is 10.2. The Balaban J connectivity index is 1.21. The molecule has 2 aromatic carbocycles. The largest absolute Gasteiger partial charge is 0.490 e. The molecular weight excluding hydrogens is 409 g/mol. The van der Waals surface area contributed by atoms with Gasteiger partial charge in [0.2, 0.25) is 5.91 Å². The van der Waals surface area contributed by atoms with Gasteiger partial charge in [-0.3, -0.25) is 4.79 Å². The maximum absolute atomic E-state index is 12.7. The van der Waals surface area contributed by atoms with E-state index in [1.165, 1.54) is 0 Å². The van der Waals surface area contributed by atoms with Crippen LogP contribution in [0.3, 0.4) is 0 Å². The number of H-pyrrole nitrogens is 1. The fourth-order valence-corrected chi connectivity index (χ4v) is 3.97. The van der Waals surface area contributed by atoms with Crippen LogP contribution in [0.5, 0.6) is 5.75 Å². The number of amides is 1. The molecule has 1 amide bonds. The lowest BCUT2D eigenvalue weighted by Gasteiger charge is -2.35. The average Bonchev–Trinajstić information content (AvgIpc) is 3.04. The molecule has 2 N–H and O–H groups in total. The molecule has 8 heteroatoms. The van der Waals surface area contributed by atoms with Crippen molar-refractivity contribution in [2.75, 3.05) is 18.5 Å². The summed E-state index contributed by atoms with van der Waals surface area (Å²) >= 11 is 0. The third-order valence-electron chi connectivity index (χ3n) is 6.03. The molecule has 1 aliphatic carbocycles. The highest BCUT2D eigenvalue weighted by Gasteiger charge is 2.34. The predicted molar refractivity (Wildman–Crippen MR) is 109 cm³/mol. The molecule has 5 rings (SSSR count). The lowest BCUT2D eigenvalue weighted by Crippen LogP contribution is -2.38. The normalized spacial score (nSPS) is 21.4. The van der Waals surface area contributed by atoms with Crippen molar-refractivity contribution in [3.05, 3.63) is 59.8 Å². The monoisotopic (exact) mass is 430 g/mol. The number of carbonyl (C=O) groups is 1. The SMILES string of the molecule is O=C(Nc1c[nH]c2ccc(OC3CC(c4ccc(C(F)(F)F)cc4)C3)cc12)C1COC1. The number of benzene rings is 2. The van der Waals surface area contributed by atoms with Crippen LogP contribution < -0.4 is 10.1 Å². The fourth-order valence-electron chi connectivity index (χ4n) is 3.97. The number of carbonyl (C=O) groups excluding carboxylic acids is 1. The van der Waals surface area contributed by atoms with E-state index in [9.17, 15) is 18.0 Å². The molecule has 0 radical (unpaired) electrons. The third kappa shape index (κ3) is 3.99. The van der Waals surface area contributed by atoms with Gasteiger partial charge < -0.3 is 19.8 Å². The molecule has 1 aliphatic heterocycles. The summed E-state index contributed by atoms with van der Waals surface area (Å²) in [4.78, 5) is 15.3. The van der Waals surface area contributed by atoms with Gasteiger partial charge >= 0.3 is 6.18 Å². The number of alkyl halides is 3. The summed E-state index contributed by atoms with van der Waals surface area (Å²) in [7, 11) is 0. The molecule has 0 atom stereocenters. The average molecular weight is 430 g/mol. The van der Waals surface area contributed by atoms with Gasteiger partial charge in [-0.1, -0.05) is 12.1 Å². The highest BCUT2D eigenvalue weighted by Crippen LogP contribution is 2.41. The Morgan fingerprint density at radius 2 is 1.84 bits per heavy atom. The molecule has 1 aromatic heterocycles. The minimum absolute atomic E-state index is 0.00820. The highest BCUT2D eigenvalue weighted by molar-refractivity contribution is 6.03. The fraction of sp³-hybridized carbons (Fsp3) is 0.348. The number of hydrogen-bond acceptors (Lipinski definition) is 3. The maximum Gasteiger partial charge on any atom is 0.416 e. The van der Waals surface area contributed by atoms with Gasteiger partial charge in [-0.2, -0.15) is 13.2 Å². The predicted octanol–water partition coefficient (Wildman–Crippen LogP) is 5.10. The zero-order valence-electron chi connectivity index (χ0n) is 16.5. The first-order chi connectivity index (χ1) is 14.9. The molecule has 2 heterocycles. The van der Waals surface area contributed by atoms with Crippen LogP contribution in [-0.4, -0.2) is 30.2 Å². The van der Waals surface area contributed by atoms with Gasteiger partial charge in [-0.25, -0.2) is 0 Å². The van der Waals surface area contributed by atoms with Crippen LogP contribution in [0.2, 0.25) is 0 Å². The van der Waals surface area contributed by atoms with Crippen LogP contribution in [0.4, 0.5) is 18.9 Å². The molecule has 1 saturated carbocycles. The zero-order valence-corrected chi connectivity index (χ0v) is 16.5. The lowest BCUT2D eigenvalue weighted by atomic mass is 9.77. The molecule has 31 heavy (non-hydrogen) atoms. The Morgan fingerprint density at radius 1 is 1.10 bits per heavy atom. The van der Waals surface area contributed by atoms with E-state index in [0.717, 1.165) is 41.4 Å². The second kappa shape index (κ2) is 7.60. The number of anilines is 1. The standard InChI is InChI=1S/C23H21F3N2O3/c24-23(25,26)16-3-1-13(2-4-16)14-7-18(8-14)31-17-5-6-20-19(9-17)21(10-27-20)28-22(29)15-11-30-12-15/h1-6,9-10,14-15,18,27H,7-8,11-12H2,(H,28,29). The number of fused-ring (bicyclic) bond motifs is 1. The number of nitrogens with one attached hydrogen (secondary N) is 2. The van der Waals surface area contributed by atoms with Crippen molar-refractivity contribution in [2.45, 2.75) is 31.0 Å². The van der Waals surface area contributed by atoms with E-state index in [1.54, 1.807) is 18.3 Å². The number of halogens is 3. The highest BCUT2D eigenvalue weighted by atomic mass is 19.4. The quantitative estimate of drug-likeness (QED) is 0.592. The van der Waals surface area contributed by atoms with Gasteiger partial charge in [0.1, 0.15) is 5.75 Å². The van der Waals surface area contributed by atoms with Crippen LogP contribution in [0.1, 0.15) is 29.9 Å². The number of aromatic nitrogens is 1. The van der Waals surface area contributed by atoms with Crippen molar-refractivity contribution in [1.29, 1.82) is 0 Å². The minimum atomic E-state index is -4.31. The summed E-state index contributed by atoms with van der Waals surface area (Å²) in [6.45, 7) is 0.897. The second-order valence-electron chi connectivity index (χ2n) is 8.16. The van der Waals surface area contributed by atoms with Gasteiger partial charge in [0.15, 0.2) is 0 Å². The Labute approximate surface area is 176 Å². The van der Waals surface area contributed by atoms with E-state index in [2.05, 4.69) is 10.3 Å². The Hall–Kier alpha value is -3.00. The van der Waals surface area contributed by atoms with Crippen molar-refractivity contribution < 1.29 is 27.4 Å². The van der Waals surface area contributed by atoms with Crippen LogP contribution in [0.25, 0.3) is 10.9 Å². The number of aromatic amines is 1. The summed E-state index contributed by atoms with van der Waals surface area (Å²) in [6.07, 6.45) is -1.04. The third-order valence-corrected chi connectivity index (χ3v) is 6.03. The topological polar surface area (TPSA) is 63.4 Å². The van der Waals surface area contributed by atoms with Crippen molar-refractivity contribution >= 4 is 22.5 Å². The summed E-state index contributed by atoms with van der Waals surface area (Å²) in [5.41, 5.74) is 1.87. The van der Waals surface area contributed by atoms with Gasteiger partial charge in [0.25, 0.3) is 0 Å². The van der Waals surface area contributed by atoms with Crippen molar-refractivity contribution in [1.82, 2.24) is 4.98 Å². The first kappa shape index (κ1) is 19.9. The molecular formula is C23H21F3N2O3. The van der Waals surface area contributed by atoms with Gasteiger partial charge in [0, 0.05) is 17.1 Å².